The lowest BCUT2D eigenvalue weighted by Crippen LogP contribution is -2.00. The highest BCUT2D eigenvalue weighted by atomic mass is 16.3. The van der Waals surface area contributed by atoms with Gasteiger partial charge in [0, 0.05) is 24.0 Å². The minimum absolute atomic E-state index is 0.0545. The van der Waals surface area contributed by atoms with Crippen molar-refractivity contribution in [1.82, 2.24) is 0 Å². The molecule has 3 nitrogen and oxygen atoms in total. The van der Waals surface area contributed by atoms with Crippen LogP contribution < -0.4 is 0 Å². The smallest absolute Gasteiger partial charge is 0.163 e. The van der Waals surface area contributed by atoms with E-state index in [1.54, 1.807) is 36.6 Å². The number of ketones is 1. The van der Waals surface area contributed by atoms with Crippen molar-refractivity contribution in [3.8, 4) is 0 Å². The molecule has 0 fully saturated rings. The first-order valence-corrected chi connectivity index (χ1v) is 5.40. The molecule has 0 aliphatic carbocycles. The van der Waals surface area contributed by atoms with E-state index in [1.807, 2.05) is 6.07 Å². The number of rotatable bonds is 5. The van der Waals surface area contributed by atoms with Crippen LogP contribution in [0.3, 0.4) is 0 Å². The van der Waals surface area contributed by atoms with E-state index in [2.05, 4.69) is 0 Å². The molecule has 0 spiro atoms. The normalized spacial score (nSPS) is 10.1. The Morgan fingerprint density at radius 3 is 2.53 bits per heavy atom. The van der Waals surface area contributed by atoms with E-state index in [0.29, 0.717) is 24.0 Å². The van der Waals surface area contributed by atoms with Crippen LogP contribution in [0.25, 0.3) is 0 Å². The number of aldehydes is 1. The molecular weight excluding hydrogens is 216 g/mol. The third-order valence-electron chi connectivity index (χ3n) is 2.55. The number of carbonyl (C=O) groups excluding carboxylic acids is 2. The maximum absolute atomic E-state index is 11.8. The summed E-state index contributed by atoms with van der Waals surface area (Å²) in [5.41, 5.74) is 1.20. The maximum atomic E-state index is 11.8. The first-order valence-electron chi connectivity index (χ1n) is 5.40. The van der Waals surface area contributed by atoms with E-state index in [0.717, 1.165) is 12.0 Å². The predicted molar refractivity (Wildman–Crippen MR) is 63.2 cm³/mol. The van der Waals surface area contributed by atoms with Gasteiger partial charge < -0.3 is 4.42 Å². The average Bonchev–Trinajstić information content (AvgIpc) is 2.89. The third kappa shape index (κ3) is 2.91. The van der Waals surface area contributed by atoms with E-state index in [1.165, 1.54) is 0 Å². The van der Waals surface area contributed by atoms with Crippen molar-refractivity contribution in [3.63, 3.8) is 0 Å². The molecule has 1 aromatic heterocycles. The number of hydrogen-bond acceptors (Lipinski definition) is 3. The van der Waals surface area contributed by atoms with Crippen LogP contribution >= 0.6 is 0 Å². The molecular formula is C14H12O3. The molecule has 2 rings (SSSR count). The van der Waals surface area contributed by atoms with E-state index in [9.17, 15) is 9.59 Å². The fourth-order valence-electron chi connectivity index (χ4n) is 1.58. The summed E-state index contributed by atoms with van der Waals surface area (Å²) in [5.74, 6) is 0.863. The minimum atomic E-state index is 0.0545. The van der Waals surface area contributed by atoms with Crippen LogP contribution in [0.4, 0.5) is 0 Å². The highest BCUT2D eigenvalue weighted by Gasteiger charge is 2.07. The molecule has 1 aromatic carbocycles. The van der Waals surface area contributed by atoms with Gasteiger partial charge in [0.1, 0.15) is 12.0 Å². The molecule has 0 saturated carbocycles. The number of aryl methyl sites for hydroxylation is 1. The van der Waals surface area contributed by atoms with E-state index >= 15 is 0 Å². The Labute approximate surface area is 99.1 Å². The zero-order chi connectivity index (χ0) is 12.1. The first-order chi connectivity index (χ1) is 8.29. The summed E-state index contributed by atoms with van der Waals surface area (Å²) in [4.78, 5) is 22.3. The van der Waals surface area contributed by atoms with Gasteiger partial charge in [-0.3, -0.25) is 9.59 Å². The fraction of sp³-hybridized carbons (Fsp3) is 0.143. The van der Waals surface area contributed by atoms with Crippen LogP contribution in [0.15, 0.2) is 47.1 Å². The van der Waals surface area contributed by atoms with E-state index < -0.39 is 0 Å². The Kier molecular flexibility index (Phi) is 3.50. The zero-order valence-electron chi connectivity index (χ0n) is 9.26. The maximum Gasteiger partial charge on any atom is 0.163 e. The van der Waals surface area contributed by atoms with Gasteiger partial charge in [-0.2, -0.15) is 0 Å². The van der Waals surface area contributed by atoms with Gasteiger partial charge >= 0.3 is 0 Å². The van der Waals surface area contributed by atoms with Crippen molar-refractivity contribution >= 4 is 12.1 Å². The minimum Gasteiger partial charge on any atom is -0.469 e. The van der Waals surface area contributed by atoms with Gasteiger partial charge in [-0.1, -0.05) is 24.3 Å². The second-order valence-corrected chi connectivity index (χ2v) is 3.74. The Bertz CT molecular complexity index is 495. The summed E-state index contributed by atoms with van der Waals surface area (Å²) in [5, 5.41) is 0. The summed E-state index contributed by atoms with van der Waals surface area (Å²) in [6.07, 6.45) is 3.37. The number of Topliss-reactive ketones (excluding diaryl/α,β-unsaturated/α-hetero) is 1. The van der Waals surface area contributed by atoms with Crippen molar-refractivity contribution in [2.24, 2.45) is 0 Å². The van der Waals surface area contributed by atoms with Crippen LogP contribution in [0.5, 0.6) is 0 Å². The van der Waals surface area contributed by atoms with Crippen LogP contribution in [0.1, 0.15) is 32.9 Å². The van der Waals surface area contributed by atoms with Crippen molar-refractivity contribution < 1.29 is 14.0 Å². The van der Waals surface area contributed by atoms with Crippen LogP contribution in [0, 0.1) is 0 Å². The lowest BCUT2D eigenvalue weighted by Gasteiger charge is -2.00. The molecule has 86 valence electrons. The SMILES string of the molecule is O=Cc1ccc(C(=O)CCc2ccco2)cc1. The topological polar surface area (TPSA) is 47.3 Å². The molecule has 0 aliphatic rings. The molecule has 0 N–H and O–H groups in total. The van der Waals surface area contributed by atoms with Crippen molar-refractivity contribution in [2.45, 2.75) is 12.8 Å². The summed E-state index contributed by atoms with van der Waals surface area (Å²) in [6, 6.07) is 10.3. The highest BCUT2D eigenvalue weighted by molar-refractivity contribution is 5.96. The molecule has 0 saturated heterocycles. The van der Waals surface area contributed by atoms with Gasteiger partial charge in [0.2, 0.25) is 0 Å². The molecule has 2 aromatic rings. The summed E-state index contributed by atoms with van der Waals surface area (Å²) >= 11 is 0. The van der Waals surface area contributed by atoms with Gasteiger partial charge in [-0.15, -0.1) is 0 Å². The molecule has 17 heavy (non-hydrogen) atoms. The van der Waals surface area contributed by atoms with Gasteiger partial charge in [0.25, 0.3) is 0 Å². The van der Waals surface area contributed by atoms with Crippen molar-refractivity contribution in [1.29, 1.82) is 0 Å². The Morgan fingerprint density at radius 2 is 1.94 bits per heavy atom. The molecule has 0 amide bonds. The standard InChI is InChI=1S/C14H12O3/c15-10-11-3-5-12(6-4-11)14(16)8-7-13-2-1-9-17-13/h1-6,9-10H,7-8H2. The Morgan fingerprint density at radius 1 is 1.18 bits per heavy atom. The van der Waals surface area contributed by atoms with E-state index in [4.69, 9.17) is 4.42 Å². The Balaban J connectivity index is 1.97. The summed E-state index contributed by atoms with van der Waals surface area (Å²) < 4.78 is 5.16. The summed E-state index contributed by atoms with van der Waals surface area (Å²) in [6.45, 7) is 0. The number of benzene rings is 1. The lowest BCUT2D eigenvalue weighted by atomic mass is 10.0. The van der Waals surface area contributed by atoms with Gasteiger partial charge in [0.05, 0.1) is 6.26 Å². The van der Waals surface area contributed by atoms with Gasteiger partial charge in [0.15, 0.2) is 5.78 Å². The monoisotopic (exact) mass is 228 g/mol. The van der Waals surface area contributed by atoms with Gasteiger partial charge in [-0.05, 0) is 12.1 Å². The number of hydrogen-bond donors (Lipinski definition) is 0. The second-order valence-electron chi connectivity index (χ2n) is 3.74. The zero-order valence-corrected chi connectivity index (χ0v) is 9.26. The quantitative estimate of drug-likeness (QED) is 0.584. The molecule has 0 unspecified atom stereocenters. The molecule has 0 bridgehead atoms. The van der Waals surface area contributed by atoms with Crippen molar-refractivity contribution in [3.05, 3.63) is 59.5 Å². The number of carbonyl (C=O) groups is 2. The molecule has 0 aliphatic heterocycles. The molecule has 3 heteroatoms. The van der Waals surface area contributed by atoms with Crippen LogP contribution in [0.2, 0.25) is 0 Å². The third-order valence-corrected chi connectivity index (χ3v) is 2.55. The van der Waals surface area contributed by atoms with Gasteiger partial charge in [-0.25, -0.2) is 0 Å². The molecule has 1 heterocycles. The van der Waals surface area contributed by atoms with Crippen molar-refractivity contribution in [2.75, 3.05) is 0 Å². The molecule has 0 radical (unpaired) electrons. The second kappa shape index (κ2) is 5.25. The van der Waals surface area contributed by atoms with Crippen LogP contribution in [-0.4, -0.2) is 12.1 Å². The van der Waals surface area contributed by atoms with Crippen LogP contribution in [-0.2, 0) is 6.42 Å². The fourth-order valence-corrected chi connectivity index (χ4v) is 1.58. The lowest BCUT2D eigenvalue weighted by molar-refractivity contribution is 0.0980. The molecule has 0 atom stereocenters. The number of furan rings is 1. The Hall–Kier alpha value is -2.16. The average molecular weight is 228 g/mol. The first kappa shape index (κ1) is 11.3. The summed E-state index contributed by atoms with van der Waals surface area (Å²) in [7, 11) is 0. The highest BCUT2D eigenvalue weighted by Crippen LogP contribution is 2.09. The predicted octanol–water partition coefficient (Wildman–Crippen LogP) is 2.91. The largest absolute Gasteiger partial charge is 0.469 e. The van der Waals surface area contributed by atoms with E-state index in [-0.39, 0.29) is 5.78 Å².